The lowest BCUT2D eigenvalue weighted by Gasteiger charge is -1.94. The zero-order chi connectivity index (χ0) is 4.50. The van der Waals surface area contributed by atoms with E-state index in [2.05, 4.69) is 0 Å². The van der Waals surface area contributed by atoms with Crippen LogP contribution in [0, 0.1) is 0 Å². The molecule has 0 aromatic heterocycles. The molecule has 0 aliphatic rings. The SMILES string of the molecule is F.F[B-](F)(F)F. The fraction of sp³-hybridized carbons (Fsp3) is 0. The molecule has 0 aromatic carbocycles. The minimum Gasteiger partial charge on any atom is -0.418 e. The van der Waals surface area contributed by atoms with Gasteiger partial charge in [-0.25, -0.2) is 0 Å². The van der Waals surface area contributed by atoms with Crippen molar-refractivity contribution in [1.29, 1.82) is 0 Å². The Morgan fingerprint density at radius 1 is 0.833 bits per heavy atom. The van der Waals surface area contributed by atoms with Crippen molar-refractivity contribution in [2.75, 3.05) is 0 Å². The molecule has 0 heterocycles. The molecule has 0 rings (SSSR count). The average Bonchev–Trinajstić information content (AvgIpc) is 0.722. The van der Waals surface area contributed by atoms with E-state index in [-0.39, 0.29) is 4.70 Å². The largest absolute Gasteiger partial charge is 0.673 e. The smallest absolute Gasteiger partial charge is 0.418 e. The monoisotopic (exact) mass is 107 g/mol. The van der Waals surface area contributed by atoms with Crippen molar-refractivity contribution in [3.05, 3.63) is 0 Å². The quantitative estimate of drug-likeness (QED) is 0.324. The molecule has 0 amide bonds. The Kier molecular flexibility index (Phi) is 3.06. The summed E-state index contributed by atoms with van der Waals surface area (Å²) in [4.78, 5) is 0. The summed E-state index contributed by atoms with van der Waals surface area (Å²) in [5.41, 5.74) is 0. The van der Waals surface area contributed by atoms with Crippen LogP contribution in [0.5, 0.6) is 0 Å². The Morgan fingerprint density at radius 3 is 0.833 bits per heavy atom. The third-order valence-electron chi connectivity index (χ3n) is 0. The van der Waals surface area contributed by atoms with Gasteiger partial charge in [0.1, 0.15) is 0 Å². The van der Waals surface area contributed by atoms with Crippen molar-refractivity contribution in [3.8, 4) is 0 Å². The number of halogens is 5. The van der Waals surface area contributed by atoms with E-state index in [9.17, 15) is 17.3 Å². The molecule has 0 nitrogen and oxygen atoms in total. The molecule has 0 atom stereocenters. The molecule has 0 saturated carbocycles. The van der Waals surface area contributed by atoms with Crippen molar-refractivity contribution in [1.82, 2.24) is 0 Å². The predicted molar refractivity (Wildman–Crippen MR) is 12.7 cm³/mol. The highest BCUT2D eigenvalue weighted by Crippen LogP contribution is 2.06. The van der Waals surface area contributed by atoms with Crippen LogP contribution in [0.1, 0.15) is 0 Å². The molecule has 0 fully saturated rings. The van der Waals surface area contributed by atoms with Gasteiger partial charge in [-0.1, -0.05) is 0 Å². The summed E-state index contributed by atoms with van der Waals surface area (Å²) >= 11 is 0. The lowest BCUT2D eigenvalue weighted by Crippen LogP contribution is -2.02. The fourth-order valence-corrected chi connectivity index (χ4v) is 0. The van der Waals surface area contributed by atoms with E-state index in [4.69, 9.17) is 0 Å². The highest BCUT2D eigenvalue weighted by Gasteiger charge is 2.20. The molecular weight excluding hydrogens is 106 g/mol. The average molecular weight is 107 g/mol. The van der Waals surface area contributed by atoms with Gasteiger partial charge in [0.25, 0.3) is 0 Å². The summed E-state index contributed by atoms with van der Waals surface area (Å²) in [6, 6.07) is 0. The van der Waals surface area contributed by atoms with E-state index in [1.54, 1.807) is 0 Å². The molecule has 0 aromatic rings. The standard InChI is InChI=1S/BF4.FH/c2-1(3,4)5;/h;1H/q-1;. The zero-order valence-corrected chi connectivity index (χ0v) is 2.50. The first-order valence-corrected chi connectivity index (χ1v) is 0.873. The van der Waals surface area contributed by atoms with Crippen LogP contribution in [-0.4, -0.2) is 7.25 Å². The molecular formula is HBF5-. The van der Waals surface area contributed by atoms with Crippen molar-refractivity contribution in [2.24, 2.45) is 0 Å². The Hall–Kier alpha value is -0.285. The van der Waals surface area contributed by atoms with Crippen LogP contribution in [0.4, 0.5) is 22.0 Å². The van der Waals surface area contributed by atoms with Crippen LogP contribution in [0.25, 0.3) is 0 Å². The molecule has 0 N–H and O–H groups in total. The van der Waals surface area contributed by atoms with Crippen LogP contribution in [0.15, 0.2) is 0 Å². The molecule has 0 unspecified atom stereocenters. The van der Waals surface area contributed by atoms with Crippen LogP contribution >= 0.6 is 0 Å². The first kappa shape index (κ1) is 9.21. The number of rotatable bonds is 0. The maximum Gasteiger partial charge on any atom is 0.673 e. The minimum atomic E-state index is -6.00. The second kappa shape index (κ2) is 1.99. The van der Waals surface area contributed by atoms with Gasteiger partial charge in [-0.2, -0.15) is 0 Å². The predicted octanol–water partition coefficient (Wildman–Crippen LogP) is 1.45. The number of hydrogen-bond donors (Lipinski definition) is 0. The molecule has 6 heteroatoms. The van der Waals surface area contributed by atoms with Crippen LogP contribution in [0.2, 0.25) is 0 Å². The lowest BCUT2D eigenvalue weighted by atomic mass is 10.3. The summed E-state index contributed by atoms with van der Waals surface area (Å²) in [5, 5.41) is 0. The number of hydrogen-bond acceptors (Lipinski definition) is 0. The Morgan fingerprint density at radius 2 is 0.833 bits per heavy atom. The first-order valence-electron chi connectivity index (χ1n) is 0.873. The topological polar surface area (TPSA) is 0 Å². The summed E-state index contributed by atoms with van der Waals surface area (Å²) in [6.45, 7) is 0. The molecule has 0 spiro atoms. The maximum atomic E-state index is 9.75. The van der Waals surface area contributed by atoms with Gasteiger partial charge in [-0.3, -0.25) is 4.70 Å². The maximum absolute atomic E-state index is 9.75. The highest BCUT2D eigenvalue weighted by atomic mass is 19.5. The molecule has 0 aliphatic carbocycles. The molecule has 0 radical (unpaired) electrons. The van der Waals surface area contributed by atoms with Gasteiger partial charge in [0.2, 0.25) is 0 Å². The van der Waals surface area contributed by atoms with E-state index < -0.39 is 7.25 Å². The van der Waals surface area contributed by atoms with Gasteiger partial charge in [0.15, 0.2) is 0 Å². The Labute approximate surface area is 30.6 Å². The minimum absolute atomic E-state index is 0. The van der Waals surface area contributed by atoms with Crippen LogP contribution in [-0.2, 0) is 0 Å². The highest BCUT2D eigenvalue weighted by molar-refractivity contribution is 6.50. The normalized spacial score (nSPS) is 10.0. The first-order chi connectivity index (χ1) is 2.00. The summed E-state index contributed by atoms with van der Waals surface area (Å²) in [5.74, 6) is 0. The third-order valence-corrected chi connectivity index (χ3v) is 0. The van der Waals surface area contributed by atoms with E-state index in [1.165, 1.54) is 0 Å². The Balaban J connectivity index is 0. The van der Waals surface area contributed by atoms with E-state index in [0.717, 1.165) is 0 Å². The van der Waals surface area contributed by atoms with Crippen molar-refractivity contribution >= 4 is 7.25 Å². The fourth-order valence-electron chi connectivity index (χ4n) is 0. The van der Waals surface area contributed by atoms with Gasteiger partial charge < -0.3 is 17.3 Å². The molecule has 6 heavy (non-hydrogen) atoms. The second-order valence-electron chi connectivity index (χ2n) is 0.495. The van der Waals surface area contributed by atoms with Crippen LogP contribution in [0.3, 0.4) is 0 Å². The van der Waals surface area contributed by atoms with Crippen molar-refractivity contribution in [2.45, 2.75) is 0 Å². The van der Waals surface area contributed by atoms with E-state index in [0.29, 0.717) is 0 Å². The van der Waals surface area contributed by atoms with Gasteiger partial charge in [-0.15, -0.1) is 0 Å². The van der Waals surface area contributed by atoms with E-state index >= 15 is 0 Å². The summed E-state index contributed by atoms with van der Waals surface area (Å²) in [6.07, 6.45) is 0. The van der Waals surface area contributed by atoms with Crippen LogP contribution < -0.4 is 0 Å². The molecule has 0 aliphatic heterocycles. The van der Waals surface area contributed by atoms with Crippen molar-refractivity contribution < 1.29 is 22.0 Å². The molecule has 0 bridgehead atoms. The van der Waals surface area contributed by atoms with Gasteiger partial charge in [0, 0.05) is 0 Å². The van der Waals surface area contributed by atoms with Gasteiger partial charge in [0.05, 0.1) is 0 Å². The second-order valence-corrected chi connectivity index (χ2v) is 0.495. The molecule has 0 saturated heterocycles. The third kappa shape index (κ3) is 337. The summed E-state index contributed by atoms with van der Waals surface area (Å²) in [7, 11) is -6.00. The lowest BCUT2D eigenvalue weighted by molar-refractivity contribution is 0.368. The van der Waals surface area contributed by atoms with Crippen molar-refractivity contribution in [3.63, 3.8) is 0 Å². The molecule has 40 valence electrons. The Bertz CT molecular complexity index is 19.4. The van der Waals surface area contributed by atoms with Gasteiger partial charge in [-0.05, 0) is 0 Å². The zero-order valence-electron chi connectivity index (χ0n) is 2.50. The van der Waals surface area contributed by atoms with E-state index in [1.807, 2.05) is 0 Å². The summed E-state index contributed by atoms with van der Waals surface area (Å²) < 4.78 is 39.0. The van der Waals surface area contributed by atoms with Gasteiger partial charge >= 0.3 is 7.25 Å².